The lowest BCUT2D eigenvalue weighted by Crippen LogP contribution is -2.60. The summed E-state index contributed by atoms with van der Waals surface area (Å²) in [7, 11) is 10.8. The summed E-state index contributed by atoms with van der Waals surface area (Å²) in [6.45, 7) is 24.6. The fourth-order valence-electron chi connectivity index (χ4n) is 14.5. The fraction of sp³-hybridized carbons (Fsp3) is 0.712. The Morgan fingerprint density at radius 3 is 1.94 bits per heavy atom. The molecule has 534 valence electrons. The largest absolute Gasteiger partial charge is 0.379 e. The Kier molecular flexibility index (Phi) is 34.5. The summed E-state index contributed by atoms with van der Waals surface area (Å²) in [5, 5.41) is 17.9. The third-order valence-corrected chi connectivity index (χ3v) is 20.0. The number of rotatable bonds is 41. The van der Waals surface area contributed by atoms with Crippen molar-refractivity contribution in [1.82, 2.24) is 46.2 Å². The number of ether oxygens (including phenoxy) is 2. The summed E-state index contributed by atoms with van der Waals surface area (Å²) >= 11 is 0. The number of nitrogens with zero attached hydrogens (tertiary/aromatic N) is 4. The number of amides is 8. The minimum atomic E-state index is -0.829. The Balaban J connectivity index is 1.43. The van der Waals surface area contributed by atoms with Crippen molar-refractivity contribution in [1.29, 1.82) is 0 Å². The van der Waals surface area contributed by atoms with Crippen LogP contribution in [0, 0.1) is 47.3 Å². The van der Waals surface area contributed by atoms with E-state index < -0.39 is 66.1 Å². The Hall–Kier alpha value is -6.33. The maximum Gasteiger partial charge on any atom is 0.312 e. The smallest absolute Gasteiger partial charge is 0.312 e. The first-order valence-electron chi connectivity index (χ1n) is 35.1. The van der Waals surface area contributed by atoms with Gasteiger partial charge in [-0.15, -0.1) is 0 Å². The van der Waals surface area contributed by atoms with Crippen molar-refractivity contribution in [2.45, 2.75) is 221 Å². The second-order valence-electron chi connectivity index (χ2n) is 28.3. The molecule has 2 aromatic rings. The van der Waals surface area contributed by atoms with Gasteiger partial charge in [0.25, 0.3) is 0 Å². The number of anilines is 1. The van der Waals surface area contributed by atoms with Crippen LogP contribution in [0.4, 0.5) is 10.5 Å². The summed E-state index contributed by atoms with van der Waals surface area (Å²) in [6, 6.07) is 14.1. The van der Waals surface area contributed by atoms with Crippen molar-refractivity contribution in [3.8, 4) is 0 Å². The number of nitrogens with two attached hydrogens (primary N) is 1. The molecular weight excluding hydrogens is 1210 g/mol. The number of likely N-dealkylation sites (tertiary alicyclic amines) is 2. The zero-order valence-corrected chi connectivity index (χ0v) is 60.6. The maximum absolute atomic E-state index is 14.7. The number of nitrogens with one attached hydrogen (secondary N) is 6. The van der Waals surface area contributed by atoms with Gasteiger partial charge in [-0.25, -0.2) is 4.79 Å². The molecule has 1 unspecified atom stereocenters. The van der Waals surface area contributed by atoms with Crippen LogP contribution in [-0.4, -0.2) is 196 Å². The number of methoxy groups -OCH3 is 2. The summed E-state index contributed by atoms with van der Waals surface area (Å²) in [5.74, 6) is -3.75. The number of piperidine rings is 1. The van der Waals surface area contributed by atoms with E-state index in [1.54, 1.807) is 50.4 Å². The minimum absolute atomic E-state index is 0.00257. The number of Topliss-reactive ketones (excluding diaryl/α,β-unsaturated/α-hetero) is 2. The molecule has 0 aliphatic carbocycles. The predicted molar refractivity (Wildman–Crippen MR) is 374 cm³/mol. The zero-order valence-electron chi connectivity index (χ0n) is 60.6. The van der Waals surface area contributed by atoms with Crippen LogP contribution in [0.3, 0.4) is 0 Å². The molecule has 0 spiro atoms. The van der Waals surface area contributed by atoms with E-state index in [0.717, 1.165) is 36.9 Å². The molecule has 8 amide bonds. The predicted octanol–water partition coefficient (Wildman–Crippen LogP) is 7.36. The summed E-state index contributed by atoms with van der Waals surface area (Å²) in [5.41, 5.74) is 7.38. The number of hydrogen-bond donors (Lipinski definition) is 7. The van der Waals surface area contributed by atoms with Crippen LogP contribution >= 0.6 is 0 Å². The molecule has 8 N–H and O–H groups in total. The van der Waals surface area contributed by atoms with E-state index in [4.69, 9.17) is 15.2 Å². The number of likely N-dealkylation sites (N-methyl/N-ethyl adjacent to an activating group) is 2. The van der Waals surface area contributed by atoms with E-state index in [1.807, 2.05) is 63.1 Å². The Morgan fingerprint density at radius 2 is 1.37 bits per heavy atom. The number of ketones is 2. The van der Waals surface area contributed by atoms with Crippen LogP contribution in [0.15, 0.2) is 54.6 Å². The quantitative estimate of drug-likeness (QED) is 0.0321. The first-order chi connectivity index (χ1) is 45.0. The van der Waals surface area contributed by atoms with Gasteiger partial charge in [0.1, 0.15) is 5.78 Å². The van der Waals surface area contributed by atoms with Gasteiger partial charge in [0.15, 0.2) is 5.78 Å². The number of urea groups is 1. The number of carbonyl (C=O) groups excluding carboxylic acids is 9. The van der Waals surface area contributed by atoms with Gasteiger partial charge in [-0.05, 0) is 139 Å². The number of benzene rings is 2. The molecule has 2 aromatic carbocycles. The first kappa shape index (κ1) is 81.1. The highest BCUT2D eigenvalue weighted by Gasteiger charge is 2.44. The summed E-state index contributed by atoms with van der Waals surface area (Å²) in [6.07, 6.45) is 3.80. The van der Waals surface area contributed by atoms with Gasteiger partial charge in [0.05, 0.1) is 42.8 Å². The maximum atomic E-state index is 14.7. The van der Waals surface area contributed by atoms with Gasteiger partial charge in [-0.2, -0.15) is 0 Å². The molecule has 0 bridgehead atoms. The van der Waals surface area contributed by atoms with Gasteiger partial charge in [-0.1, -0.05) is 111 Å². The number of carbonyl (C=O) groups is 9. The average molecular weight is 1330 g/mol. The first-order valence-corrected chi connectivity index (χ1v) is 35.1. The molecule has 2 aliphatic rings. The van der Waals surface area contributed by atoms with Crippen molar-refractivity contribution in [3.63, 3.8) is 0 Å². The van der Waals surface area contributed by atoms with Crippen LogP contribution in [0.25, 0.3) is 0 Å². The van der Waals surface area contributed by atoms with Crippen LogP contribution in [-0.2, 0) is 60.8 Å². The molecule has 2 aliphatic heterocycles. The van der Waals surface area contributed by atoms with Crippen molar-refractivity contribution in [2.24, 2.45) is 53.1 Å². The lowest BCUT2D eigenvalue weighted by Gasteiger charge is -2.42. The molecule has 0 aromatic heterocycles. The number of primary amides is 1. The monoisotopic (exact) mass is 1330 g/mol. The molecule has 0 radical (unpaired) electrons. The van der Waals surface area contributed by atoms with Gasteiger partial charge >= 0.3 is 6.03 Å². The van der Waals surface area contributed by atoms with Crippen molar-refractivity contribution >= 4 is 58.7 Å². The van der Waals surface area contributed by atoms with E-state index in [1.165, 1.54) is 0 Å². The van der Waals surface area contributed by atoms with Gasteiger partial charge < -0.3 is 66.7 Å². The van der Waals surface area contributed by atoms with E-state index in [0.29, 0.717) is 56.8 Å². The van der Waals surface area contributed by atoms with E-state index in [-0.39, 0.29) is 128 Å². The Labute approximate surface area is 568 Å². The van der Waals surface area contributed by atoms with Gasteiger partial charge in [0, 0.05) is 115 Å². The zero-order chi connectivity index (χ0) is 70.8. The molecule has 4 rings (SSSR count). The number of hydrogen-bond acceptors (Lipinski definition) is 14. The molecule has 14 atom stereocenters. The summed E-state index contributed by atoms with van der Waals surface area (Å²) in [4.78, 5) is 131. The average Bonchev–Trinajstić information content (AvgIpc) is 1.80. The second kappa shape index (κ2) is 40.4. The molecule has 2 saturated heterocycles. The van der Waals surface area contributed by atoms with E-state index >= 15 is 0 Å². The standard InChI is InChI=1S/C73H121N11O11/c1-18-48(8)67(82(15)72(92)65(46(4)5)78-51(11)66(47(6)7)81(13)14)61(94-16)43-63(88)84-37-23-28-58(84)68(95-17)50(10)59(85)42-56(40-52-25-20-19-21-26-52)70(90)77-44-53-30-32-57(33-31-53)79-71(91)54(27-22-35-76-73(74)93)41-60(86)64(45(2)3)80-62(87)29-24-36-83-38-34-55(39-49(83)9)69(89)75-12/h19-21,25-26,30-33,45-51,54-56,58,61,64-68,78H,18,22-24,27-29,34-44H2,1-17H3,(H,75,89)(H,77,90)(H,79,91)(H,80,87)(H3,74,76,93)/t48-,49+,50-,51?,54+,55+,56+,58-,61+,64-,65-,66-,67-,68+/m0/s1. The lowest BCUT2D eigenvalue weighted by atomic mass is 9.85. The lowest BCUT2D eigenvalue weighted by molar-refractivity contribution is -0.147. The highest BCUT2D eigenvalue weighted by molar-refractivity contribution is 5.97. The Morgan fingerprint density at radius 1 is 0.716 bits per heavy atom. The van der Waals surface area contributed by atoms with Crippen molar-refractivity contribution < 1.29 is 52.6 Å². The van der Waals surface area contributed by atoms with Crippen LogP contribution in [0.1, 0.15) is 164 Å². The van der Waals surface area contributed by atoms with E-state index in [2.05, 4.69) is 111 Å². The molecule has 0 saturated carbocycles. The second-order valence-corrected chi connectivity index (χ2v) is 28.3. The van der Waals surface area contributed by atoms with Crippen LogP contribution in [0.5, 0.6) is 0 Å². The topological polar surface area (TPSA) is 283 Å². The molecule has 22 heteroatoms. The third-order valence-electron chi connectivity index (χ3n) is 20.0. The highest BCUT2D eigenvalue weighted by Crippen LogP contribution is 2.32. The van der Waals surface area contributed by atoms with E-state index in [9.17, 15) is 43.2 Å². The van der Waals surface area contributed by atoms with Crippen molar-refractivity contribution in [3.05, 3.63) is 65.7 Å². The normalized spacial score (nSPS) is 19.5. The fourth-order valence-corrected chi connectivity index (χ4v) is 14.5. The molecule has 2 fully saturated rings. The van der Waals surface area contributed by atoms with Gasteiger partial charge in [0.2, 0.25) is 35.4 Å². The van der Waals surface area contributed by atoms with Gasteiger partial charge in [-0.3, -0.25) is 38.4 Å². The van der Waals surface area contributed by atoms with Crippen LogP contribution < -0.4 is 37.6 Å². The third kappa shape index (κ3) is 24.9. The van der Waals surface area contributed by atoms with Crippen LogP contribution in [0.2, 0.25) is 0 Å². The van der Waals surface area contributed by atoms with Crippen molar-refractivity contribution in [2.75, 3.05) is 73.9 Å². The Bertz CT molecular complexity index is 2740. The molecular formula is C73H121N11O11. The molecule has 95 heavy (non-hydrogen) atoms. The molecule has 2 heterocycles. The SMILES string of the molecule is CC[C@H](C)[C@@H]([C@@H](CC(=O)N1CCC[C@H]1[C@H](OC)[C@@H](C)C(=O)C[C@@H](Cc1ccccc1)C(=O)NCc1ccc(NC(=O)[C@H](CCCNC(N)=O)CC(=O)[C@@H](NC(=O)CCCN2CC[C@@H](C(=O)NC)C[C@H]2C)C(C)C)cc1)OC)N(C)C(=O)[C@@H](NC(C)[C@H](C(C)C)N(C)C)C(C)C. The molecule has 22 nitrogen and oxygen atoms in total. The highest BCUT2D eigenvalue weighted by atomic mass is 16.5. The summed E-state index contributed by atoms with van der Waals surface area (Å²) < 4.78 is 12.4. The minimum Gasteiger partial charge on any atom is -0.379 e.